The Morgan fingerprint density at radius 3 is 2.22 bits per heavy atom. The maximum absolute atomic E-state index is 12.1. The predicted molar refractivity (Wildman–Crippen MR) is 32.2 cm³/mol. The molecular formula is C6H5FN2. The topological polar surface area (TPSA) is 34.3 Å². The monoisotopic (exact) mass is 124 g/mol. The third-order valence-electron chi connectivity index (χ3n) is 0.973. The van der Waals surface area contributed by atoms with E-state index in [4.69, 9.17) is 5.84 Å². The summed E-state index contributed by atoms with van der Waals surface area (Å²) >= 11 is 0. The lowest BCUT2D eigenvalue weighted by molar-refractivity contribution is 0.628. The van der Waals surface area contributed by atoms with Gasteiger partial charge in [-0.1, -0.05) is 0 Å². The quantitative estimate of drug-likeness (QED) is 0.561. The van der Waals surface area contributed by atoms with Crippen LogP contribution in [0.2, 0.25) is 0 Å². The van der Waals surface area contributed by atoms with Crippen LogP contribution in [0.1, 0.15) is 0 Å². The second-order valence-electron chi connectivity index (χ2n) is 1.62. The smallest absolute Gasteiger partial charge is 0.123 e. The van der Waals surface area contributed by atoms with E-state index < -0.39 is 0 Å². The minimum Gasteiger partial charge on any atom is -0.286 e. The molecule has 0 saturated carbocycles. The molecule has 0 aliphatic rings. The van der Waals surface area contributed by atoms with Crippen molar-refractivity contribution in [3.05, 3.63) is 30.1 Å². The molecule has 1 rings (SSSR count). The molecule has 0 aromatic heterocycles. The molecule has 0 amide bonds. The van der Waals surface area contributed by atoms with Crippen LogP contribution in [0.4, 0.5) is 10.1 Å². The molecule has 0 saturated heterocycles. The summed E-state index contributed by atoms with van der Waals surface area (Å²) in [5, 5.41) is 0. The summed E-state index contributed by atoms with van der Waals surface area (Å²) in [7, 11) is 0. The van der Waals surface area contributed by atoms with Gasteiger partial charge >= 0.3 is 0 Å². The number of nitrogens with zero attached hydrogens (tertiary/aromatic N) is 1. The first-order chi connectivity index (χ1) is 4.33. The van der Waals surface area contributed by atoms with Gasteiger partial charge in [0.05, 0.1) is 5.69 Å². The SMILES string of the molecule is [N]Nc1ccc(F)cc1. The van der Waals surface area contributed by atoms with Gasteiger partial charge in [-0.25, -0.2) is 4.39 Å². The van der Waals surface area contributed by atoms with Crippen LogP contribution in [0.15, 0.2) is 24.3 Å². The number of hydrogen-bond acceptors (Lipinski definition) is 1. The van der Waals surface area contributed by atoms with Crippen molar-refractivity contribution >= 4 is 5.69 Å². The van der Waals surface area contributed by atoms with Crippen molar-refractivity contribution < 1.29 is 4.39 Å². The molecule has 0 bridgehead atoms. The van der Waals surface area contributed by atoms with Gasteiger partial charge in [0.15, 0.2) is 0 Å². The third-order valence-corrected chi connectivity index (χ3v) is 0.973. The van der Waals surface area contributed by atoms with E-state index in [1.807, 2.05) is 5.43 Å². The van der Waals surface area contributed by atoms with E-state index in [9.17, 15) is 4.39 Å². The highest BCUT2D eigenvalue weighted by Gasteiger charge is 1.87. The number of benzene rings is 1. The molecule has 2 radical (unpaired) electrons. The van der Waals surface area contributed by atoms with Crippen LogP contribution < -0.4 is 11.3 Å². The first-order valence-electron chi connectivity index (χ1n) is 2.48. The Labute approximate surface area is 52.5 Å². The first-order valence-corrected chi connectivity index (χ1v) is 2.48. The lowest BCUT2D eigenvalue weighted by atomic mass is 10.3. The molecule has 1 aromatic rings. The van der Waals surface area contributed by atoms with Crippen LogP contribution in [-0.2, 0) is 0 Å². The molecule has 3 heteroatoms. The average Bonchev–Trinajstić information content (AvgIpc) is 1.90. The molecule has 0 fully saturated rings. The Morgan fingerprint density at radius 2 is 1.78 bits per heavy atom. The van der Waals surface area contributed by atoms with Crippen molar-refractivity contribution in [1.29, 1.82) is 0 Å². The Bertz CT molecular complexity index is 183. The summed E-state index contributed by atoms with van der Waals surface area (Å²) < 4.78 is 12.1. The van der Waals surface area contributed by atoms with Gasteiger partial charge in [-0.15, -0.1) is 0 Å². The lowest BCUT2D eigenvalue weighted by Crippen LogP contribution is -1.90. The van der Waals surface area contributed by atoms with Crippen LogP contribution in [-0.4, -0.2) is 0 Å². The second-order valence-corrected chi connectivity index (χ2v) is 1.62. The van der Waals surface area contributed by atoms with Gasteiger partial charge in [-0.05, 0) is 30.1 Å². The zero-order chi connectivity index (χ0) is 6.69. The molecule has 0 aliphatic carbocycles. The van der Waals surface area contributed by atoms with E-state index in [1.54, 1.807) is 0 Å². The molecule has 9 heavy (non-hydrogen) atoms. The fourth-order valence-corrected chi connectivity index (χ4v) is 0.524. The fourth-order valence-electron chi connectivity index (χ4n) is 0.524. The van der Waals surface area contributed by atoms with Crippen LogP contribution in [0.25, 0.3) is 0 Å². The Kier molecular flexibility index (Phi) is 1.65. The van der Waals surface area contributed by atoms with Crippen LogP contribution in [0.3, 0.4) is 0 Å². The maximum Gasteiger partial charge on any atom is 0.123 e. The largest absolute Gasteiger partial charge is 0.286 e. The summed E-state index contributed by atoms with van der Waals surface area (Å²) in [6.45, 7) is 0. The third kappa shape index (κ3) is 1.40. The molecule has 46 valence electrons. The standard InChI is InChI=1S/C6H5FN2/c7-5-1-3-6(9-8)4-2-5/h1-4,9H. The molecule has 0 aliphatic heterocycles. The summed E-state index contributed by atoms with van der Waals surface area (Å²) in [6, 6.07) is 5.40. The zero-order valence-corrected chi connectivity index (χ0v) is 4.63. The molecule has 2 nitrogen and oxygen atoms in total. The number of halogens is 1. The van der Waals surface area contributed by atoms with Crippen LogP contribution >= 0.6 is 0 Å². The number of nitrogens with one attached hydrogen (secondary N) is 1. The van der Waals surface area contributed by atoms with Gasteiger partial charge in [0.1, 0.15) is 5.82 Å². The van der Waals surface area contributed by atoms with Crippen molar-refractivity contribution in [1.82, 2.24) is 5.84 Å². The minimum absolute atomic E-state index is 0.311. The zero-order valence-electron chi connectivity index (χ0n) is 4.63. The molecule has 0 atom stereocenters. The van der Waals surface area contributed by atoms with Gasteiger partial charge in [0.2, 0.25) is 0 Å². The highest BCUT2D eigenvalue weighted by atomic mass is 19.1. The first kappa shape index (κ1) is 6.04. The molecule has 1 N–H and O–H groups in total. The average molecular weight is 124 g/mol. The van der Waals surface area contributed by atoms with Gasteiger partial charge < -0.3 is 0 Å². The number of rotatable bonds is 1. The summed E-state index contributed by atoms with van der Waals surface area (Å²) in [5.74, 6) is 7.94. The van der Waals surface area contributed by atoms with Crippen molar-refractivity contribution in [2.24, 2.45) is 0 Å². The van der Waals surface area contributed by atoms with Gasteiger partial charge in [-0.2, -0.15) is 0 Å². The van der Waals surface area contributed by atoms with Gasteiger partial charge in [0, 0.05) is 0 Å². The second kappa shape index (κ2) is 2.46. The molecule has 0 spiro atoms. The fraction of sp³-hybridized carbons (Fsp3) is 0. The van der Waals surface area contributed by atoms with Gasteiger partial charge in [-0.3, -0.25) is 5.43 Å². The van der Waals surface area contributed by atoms with Crippen molar-refractivity contribution in [3.8, 4) is 0 Å². The summed E-state index contributed by atoms with van der Waals surface area (Å²) in [4.78, 5) is 0. The van der Waals surface area contributed by atoms with E-state index >= 15 is 0 Å². The van der Waals surface area contributed by atoms with Crippen molar-refractivity contribution in [3.63, 3.8) is 0 Å². The molecular weight excluding hydrogens is 119 g/mol. The lowest BCUT2D eigenvalue weighted by Gasteiger charge is -1.93. The number of hydrogen-bond donors (Lipinski definition) is 1. The number of anilines is 1. The molecule has 0 heterocycles. The van der Waals surface area contributed by atoms with Crippen molar-refractivity contribution in [2.45, 2.75) is 0 Å². The summed E-state index contributed by atoms with van der Waals surface area (Å²) in [6.07, 6.45) is 0. The van der Waals surface area contributed by atoms with E-state index in [0.29, 0.717) is 5.69 Å². The minimum atomic E-state index is -0.311. The predicted octanol–water partition coefficient (Wildman–Crippen LogP) is 1.22. The van der Waals surface area contributed by atoms with E-state index in [1.165, 1.54) is 24.3 Å². The molecule has 1 aromatic carbocycles. The summed E-state index contributed by atoms with van der Waals surface area (Å²) in [5.41, 5.74) is 2.37. The van der Waals surface area contributed by atoms with Crippen molar-refractivity contribution in [2.75, 3.05) is 5.43 Å². The maximum atomic E-state index is 12.1. The Balaban J connectivity index is 2.88. The Hall–Kier alpha value is -1.09. The van der Waals surface area contributed by atoms with Crippen LogP contribution in [0, 0.1) is 5.82 Å². The van der Waals surface area contributed by atoms with Gasteiger partial charge in [0.25, 0.3) is 0 Å². The molecule has 0 unspecified atom stereocenters. The highest BCUT2D eigenvalue weighted by Crippen LogP contribution is 2.05. The normalized spacial score (nSPS) is 9.11. The Morgan fingerprint density at radius 1 is 1.22 bits per heavy atom. The van der Waals surface area contributed by atoms with E-state index in [0.717, 1.165) is 0 Å². The highest BCUT2D eigenvalue weighted by molar-refractivity contribution is 5.40. The van der Waals surface area contributed by atoms with E-state index in [-0.39, 0.29) is 5.82 Å². The van der Waals surface area contributed by atoms with Crippen LogP contribution in [0.5, 0.6) is 0 Å². The van der Waals surface area contributed by atoms with E-state index in [2.05, 4.69) is 0 Å².